The van der Waals surface area contributed by atoms with E-state index in [1.807, 2.05) is 7.05 Å². The highest BCUT2D eigenvalue weighted by Gasteiger charge is 2.31. The van der Waals surface area contributed by atoms with E-state index in [2.05, 4.69) is 15.4 Å². The molecular weight excluding hydrogens is 376 g/mol. The molecule has 0 atom stereocenters. The number of hydrogen-bond acceptors (Lipinski definition) is 4. The van der Waals surface area contributed by atoms with Gasteiger partial charge in [0.15, 0.2) is 5.82 Å². The average molecular weight is 398 g/mol. The van der Waals surface area contributed by atoms with E-state index in [4.69, 9.17) is 11.6 Å². The number of nitrogens with zero attached hydrogens (tertiary/aromatic N) is 4. The zero-order valence-corrected chi connectivity index (χ0v) is 15.8. The summed E-state index contributed by atoms with van der Waals surface area (Å²) in [4.78, 5) is 18.5. The van der Waals surface area contributed by atoms with Gasteiger partial charge in [-0.25, -0.2) is 18.4 Å². The normalized spacial score (nSPS) is 15.5. The topological polar surface area (TPSA) is 63.1 Å². The maximum absolute atomic E-state index is 13.8. The molecule has 6 nitrogen and oxygen atoms in total. The van der Waals surface area contributed by atoms with Gasteiger partial charge in [-0.05, 0) is 50.9 Å². The molecule has 146 valence electrons. The van der Waals surface area contributed by atoms with Crippen LogP contribution in [0.1, 0.15) is 41.7 Å². The van der Waals surface area contributed by atoms with Crippen LogP contribution < -0.4 is 5.32 Å². The highest BCUT2D eigenvalue weighted by atomic mass is 35.5. The Labute approximate surface area is 161 Å². The molecule has 1 N–H and O–H groups in total. The number of carbonyl (C=O) groups excluding carboxylic acids is 1. The number of amides is 1. The lowest BCUT2D eigenvalue weighted by Crippen LogP contribution is -2.39. The average Bonchev–Trinajstić information content (AvgIpc) is 3.11. The van der Waals surface area contributed by atoms with Crippen molar-refractivity contribution in [1.82, 2.24) is 25.0 Å². The first kappa shape index (κ1) is 19.7. The first-order chi connectivity index (χ1) is 13.0. The molecule has 0 unspecified atom stereocenters. The van der Waals surface area contributed by atoms with Gasteiger partial charge in [-0.15, -0.1) is 0 Å². The predicted molar refractivity (Wildman–Crippen MR) is 98.5 cm³/mol. The fourth-order valence-electron chi connectivity index (χ4n) is 3.38. The van der Waals surface area contributed by atoms with Gasteiger partial charge < -0.3 is 10.2 Å². The van der Waals surface area contributed by atoms with Crippen LogP contribution >= 0.6 is 11.6 Å². The Bertz CT molecular complexity index is 790. The van der Waals surface area contributed by atoms with Crippen LogP contribution in [-0.2, 0) is 0 Å². The zero-order chi connectivity index (χ0) is 19.4. The summed E-state index contributed by atoms with van der Waals surface area (Å²) >= 11 is 6.06. The minimum Gasteiger partial charge on any atom is -0.339 e. The standard InChI is InChI=1S/C18H22ClF2N5O/c1-22-8-4-12-5-9-25(10-6-12)18(27)13-11-24-26(15(13)16(20)21)17-14(19)3-2-7-23-17/h2-3,7,11-12,16,22H,4-6,8-10H2,1H3. The Morgan fingerprint density at radius 3 is 2.78 bits per heavy atom. The summed E-state index contributed by atoms with van der Waals surface area (Å²) in [5.41, 5.74) is -0.571. The molecule has 9 heteroatoms. The molecule has 0 saturated carbocycles. The quantitative estimate of drug-likeness (QED) is 0.812. The number of hydrogen-bond donors (Lipinski definition) is 1. The van der Waals surface area contributed by atoms with Gasteiger partial charge in [0, 0.05) is 19.3 Å². The van der Waals surface area contributed by atoms with Gasteiger partial charge in [0.05, 0.1) is 16.8 Å². The third-order valence-electron chi connectivity index (χ3n) is 4.89. The summed E-state index contributed by atoms with van der Waals surface area (Å²) in [5, 5.41) is 7.29. The number of nitrogens with one attached hydrogen (secondary N) is 1. The number of likely N-dealkylation sites (tertiary alicyclic amines) is 1. The molecule has 2 aromatic heterocycles. The predicted octanol–water partition coefficient (Wildman–Crippen LogP) is 3.32. The lowest BCUT2D eigenvalue weighted by atomic mass is 9.93. The van der Waals surface area contributed by atoms with Gasteiger partial charge in [-0.2, -0.15) is 5.10 Å². The summed E-state index contributed by atoms with van der Waals surface area (Å²) < 4.78 is 28.5. The molecule has 0 aliphatic carbocycles. The summed E-state index contributed by atoms with van der Waals surface area (Å²) in [6.07, 6.45) is 2.54. The molecule has 1 aliphatic heterocycles. The number of carbonyl (C=O) groups is 1. The minimum absolute atomic E-state index is 0.0827. The van der Waals surface area contributed by atoms with E-state index in [-0.39, 0.29) is 16.4 Å². The first-order valence-electron chi connectivity index (χ1n) is 8.93. The summed E-state index contributed by atoms with van der Waals surface area (Å²) in [6, 6.07) is 3.14. The van der Waals surface area contributed by atoms with Crippen LogP contribution in [-0.4, -0.2) is 52.3 Å². The second-order valence-electron chi connectivity index (χ2n) is 6.59. The van der Waals surface area contributed by atoms with Crippen molar-refractivity contribution in [1.29, 1.82) is 0 Å². The maximum atomic E-state index is 13.8. The van der Waals surface area contributed by atoms with Crippen molar-refractivity contribution in [3.8, 4) is 5.82 Å². The minimum atomic E-state index is -2.88. The van der Waals surface area contributed by atoms with E-state index in [0.717, 1.165) is 30.5 Å². The molecule has 1 saturated heterocycles. The lowest BCUT2D eigenvalue weighted by Gasteiger charge is -2.32. The number of halogens is 3. The molecule has 27 heavy (non-hydrogen) atoms. The van der Waals surface area contributed by atoms with Crippen molar-refractivity contribution >= 4 is 17.5 Å². The second-order valence-corrected chi connectivity index (χ2v) is 7.00. The van der Waals surface area contributed by atoms with Crippen molar-refractivity contribution in [2.75, 3.05) is 26.7 Å². The molecular formula is C18H22ClF2N5O. The third kappa shape index (κ3) is 4.27. The summed E-state index contributed by atoms with van der Waals surface area (Å²) in [7, 11) is 1.91. The van der Waals surface area contributed by atoms with E-state index in [0.29, 0.717) is 19.0 Å². The van der Waals surface area contributed by atoms with Crippen LogP contribution in [0.4, 0.5) is 8.78 Å². The third-order valence-corrected chi connectivity index (χ3v) is 5.18. The van der Waals surface area contributed by atoms with E-state index < -0.39 is 18.0 Å². The first-order valence-corrected chi connectivity index (χ1v) is 9.31. The lowest BCUT2D eigenvalue weighted by molar-refractivity contribution is 0.0674. The zero-order valence-electron chi connectivity index (χ0n) is 15.0. The molecule has 3 heterocycles. The fourth-order valence-corrected chi connectivity index (χ4v) is 3.58. The van der Waals surface area contributed by atoms with Crippen LogP contribution in [0, 0.1) is 5.92 Å². The van der Waals surface area contributed by atoms with Gasteiger partial charge in [0.1, 0.15) is 5.69 Å². The van der Waals surface area contributed by atoms with E-state index in [1.54, 1.807) is 11.0 Å². The fraction of sp³-hybridized carbons (Fsp3) is 0.500. The molecule has 1 fully saturated rings. The van der Waals surface area contributed by atoms with Crippen molar-refractivity contribution in [2.24, 2.45) is 5.92 Å². The smallest absolute Gasteiger partial charge is 0.281 e. The monoisotopic (exact) mass is 397 g/mol. The molecule has 1 aliphatic rings. The Hall–Kier alpha value is -2.06. The van der Waals surface area contributed by atoms with Gasteiger partial charge in [0.2, 0.25) is 0 Å². The van der Waals surface area contributed by atoms with Gasteiger partial charge in [-0.3, -0.25) is 4.79 Å². The van der Waals surface area contributed by atoms with E-state index in [9.17, 15) is 13.6 Å². The Morgan fingerprint density at radius 1 is 1.41 bits per heavy atom. The van der Waals surface area contributed by atoms with Gasteiger partial charge in [0.25, 0.3) is 12.3 Å². The maximum Gasteiger partial charge on any atom is 0.281 e. The van der Waals surface area contributed by atoms with Gasteiger partial charge in [-0.1, -0.05) is 11.6 Å². The van der Waals surface area contributed by atoms with Crippen molar-refractivity contribution in [2.45, 2.75) is 25.7 Å². The Balaban J connectivity index is 1.81. The molecule has 0 bridgehead atoms. The van der Waals surface area contributed by atoms with Crippen LogP contribution in [0.15, 0.2) is 24.5 Å². The Kier molecular flexibility index (Phi) is 6.38. The summed E-state index contributed by atoms with van der Waals surface area (Å²) in [6.45, 7) is 2.06. The Morgan fingerprint density at radius 2 is 2.15 bits per heavy atom. The highest BCUT2D eigenvalue weighted by Crippen LogP contribution is 2.29. The molecule has 3 rings (SSSR count). The van der Waals surface area contributed by atoms with Crippen molar-refractivity contribution < 1.29 is 13.6 Å². The number of aromatic nitrogens is 3. The number of pyridine rings is 1. The highest BCUT2D eigenvalue weighted by molar-refractivity contribution is 6.32. The van der Waals surface area contributed by atoms with Crippen molar-refractivity contribution in [3.05, 3.63) is 40.8 Å². The largest absolute Gasteiger partial charge is 0.339 e. The van der Waals surface area contributed by atoms with E-state index >= 15 is 0 Å². The molecule has 0 spiro atoms. The number of piperidine rings is 1. The molecule has 0 aromatic carbocycles. The van der Waals surface area contributed by atoms with Crippen LogP contribution in [0.2, 0.25) is 5.02 Å². The SMILES string of the molecule is CNCCC1CCN(C(=O)c2cnn(-c3ncccc3Cl)c2C(F)F)CC1. The van der Waals surface area contributed by atoms with Crippen LogP contribution in [0.3, 0.4) is 0 Å². The summed E-state index contributed by atoms with van der Waals surface area (Å²) in [5.74, 6) is 0.209. The van der Waals surface area contributed by atoms with Crippen LogP contribution in [0.25, 0.3) is 5.82 Å². The molecule has 1 amide bonds. The second kappa shape index (κ2) is 8.75. The van der Waals surface area contributed by atoms with Crippen LogP contribution in [0.5, 0.6) is 0 Å². The van der Waals surface area contributed by atoms with Gasteiger partial charge >= 0.3 is 0 Å². The molecule has 0 radical (unpaired) electrons. The van der Waals surface area contributed by atoms with Crippen molar-refractivity contribution in [3.63, 3.8) is 0 Å². The number of alkyl halides is 2. The van der Waals surface area contributed by atoms with E-state index in [1.165, 1.54) is 18.5 Å². The molecule has 2 aromatic rings. The number of rotatable bonds is 6.